The number of nitrogens with zero attached hydrogens (tertiary/aromatic N) is 1. The highest BCUT2D eigenvalue weighted by Crippen LogP contribution is 2.11. The number of ether oxygens (including phenoxy) is 1. The monoisotopic (exact) mass is 258 g/mol. The van der Waals surface area contributed by atoms with Crippen LogP contribution in [0.3, 0.4) is 0 Å². The third kappa shape index (κ3) is 5.35. The molecule has 1 aliphatic heterocycles. The Morgan fingerprint density at radius 3 is 2.33 bits per heavy atom. The quantitative estimate of drug-likeness (QED) is 0.740. The molecule has 2 N–H and O–H groups in total. The molecule has 1 amide bonds. The van der Waals surface area contributed by atoms with Gasteiger partial charge in [0.15, 0.2) is 0 Å². The number of carboxylic acid groups (broad SMARTS) is 1. The highest BCUT2D eigenvalue weighted by molar-refractivity contribution is 5.72. The highest BCUT2D eigenvalue weighted by Gasteiger charge is 2.23. The molecular weight excluding hydrogens is 236 g/mol. The minimum atomic E-state index is -0.874. The molecule has 1 aliphatic rings. The van der Waals surface area contributed by atoms with Crippen molar-refractivity contribution in [2.45, 2.75) is 45.3 Å². The van der Waals surface area contributed by atoms with Crippen molar-refractivity contribution in [3.8, 4) is 0 Å². The lowest BCUT2D eigenvalue weighted by molar-refractivity contribution is -0.153. The molecule has 0 atom stereocenters. The lowest BCUT2D eigenvalue weighted by atomic mass is 10.1. The van der Waals surface area contributed by atoms with E-state index >= 15 is 0 Å². The van der Waals surface area contributed by atoms with Crippen LogP contribution >= 0.6 is 0 Å². The summed E-state index contributed by atoms with van der Waals surface area (Å²) in [5, 5.41) is 11.9. The van der Waals surface area contributed by atoms with E-state index in [0.29, 0.717) is 13.1 Å². The molecule has 0 aromatic carbocycles. The van der Waals surface area contributed by atoms with Gasteiger partial charge in [-0.3, -0.25) is 4.79 Å². The number of piperidine rings is 1. The van der Waals surface area contributed by atoms with E-state index in [-0.39, 0.29) is 18.6 Å². The molecule has 6 heteroatoms. The smallest absolute Gasteiger partial charge is 0.407 e. The molecule has 1 rings (SSSR count). The Balaban J connectivity index is 2.22. The summed E-state index contributed by atoms with van der Waals surface area (Å²) in [6.45, 7) is 6.69. The largest absolute Gasteiger partial charge is 0.465 e. The van der Waals surface area contributed by atoms with Gasteiger partial charge in [0.25, 0.3) is 0 Å². The number of amides is 1. The highest BCUT2D eigenvalue weighted by atomic mass is 16.6. The summed E-state index contributed by atoms with van der Waals surface area (Å²) >= 11 is 0. The average Bonchev–Trinajstić information content (AvgIpc) is 2.24. The second-order valence-electron chi connectivity index (χ2n) is 5.51. The van der Waals surface area contributed by atoms with Crippen molar-refractivity contribution in [1.29, 1.82) is 0 Å². The first-order chi connectivity index (χ1) is 8.28. The molecule has 0 saturated carbocycles. The van der Waals surface area contributed by atoms with Crippen LogP contribution in [0.25, 0.3) is 0 Å². The first-order valence-corrected chi connectivity index (χ1v) is 6.21. The summed E-state index contributed by atoms with van der Waals surface area (Å²) in [6.07, 6.45) is 0.588. The standard InChI is InChI=1S/C12H22N2O4/c1-12(2,3)18-10(15)8-13-9-4-6-14(7-5-9)11(16)17/h9,13H,4-8H2,1-3H3,(H,16,17). The van der Waals surface area contributed by atoms with Crippen molar-refractivity contribution >= 4 is 12.1 Å². The maximum atomic E-state index is 11.5. The zero-order chi connectivity index (χ0) is 13.8. The van der Waals surface area contributed by atoms with Gasteiger partial charge in [-0.05, 0) is 33.6 Å². The van der Waals surface area contributed by atoms with Gasteiger partial charge < -0.3 is 20.1 Å². The third-order valence-corrected chi connectivity index (χ3v) is 2.72. The Hall–Kier alpha value is -1.30. The number of hydrogen-bond donors (Lipinski definition) is 2. The summed E-state index contributed by atoms with van der Waals surface area (Å²) in [7, 11) is 0. The minimum absolute atomic E-state index is 0.176. The molecule has 0 aromatic rings. The molecule has 6 nitrogen and oxygen atoms in total. The molecule has 0 aliphatic carbocycles. The van der Waals surface area contributed by atoms with Gasteiger partial charge in [0.05, 0.1) is 6.54 Å². The first-order valence-electron chi connectivity index (χ1n) is 6.21. The van der Waals surface area contributed by atoms with Crippen molar-refractivity contribution in [2.75, 3.05) is 19.6 Å². The lowest BCUT2D eigenvalue weighted by Crippen LogP contribution is -2.46. The van der Waals surface area contributed by atoms with E-state index in [2.05, 4.69) is 5.32 Å². The van der Waals surface area contributed by atoms with E-state index in [1.165, 1.54) is 4.90 Å². The Labute approximate surface area is 107 Å². The lowest BCUT2D eigenvalue weighted by Gasteiger charge is -2.30. The topological polar surface area (TPSA) is 78.9 Å². The Bertz CT molecular complexity index is 304. The summed E-state index contributed by atoms with van der Waals surface area (Å²) in [5.74, 6) is -0.275. The molecule has 0 radical (unpaired) electrons. The molecule has 1 fully saturated rings. The van der Waals surface area contributed by atoms with Crippen LogP contribution in [-0.2, 0) is 9.53 Å². The van der Waals surface area contributed by atoms with Crippen molar-refractivity contribution in [1.82, 2.24) is 10.2 Å². The maximum Gasteiger partial charge on any atom is 0.407 e. The van der Waals surface area contributed by atoms with Crippen LogP contribution in [0, 0.1) is 0 Å². The van der Waals surface area contributed by atoms with Crippen LogP contribution < -0.4 is 5.32 Å². The van der Waals surface area contributed by atoms with Crippen LogP contribution in [-0.4, -0.2) is 53.3 Å². The Morgan fingerprint density at radius 1 is 1.33 bits per heavy atom. The van der Waals surface area contributed by atoms with Gasteiger partial charge in [0.1, 0.15) is 5.60 Å². The SMILES string of the molecule is CC(C)(C)OC(=O)CNC1CCN(C(=O)O)CC1. The second kappa shape index (κ2) is 6.04. The molecule has 0 aromatic heterocycles. The van der Waals surface area contributed by atoms with Gasteiger partial charge in [0, 0.05) is 19.1 Å². The number of hydrogen-bond acceptors (Lipinski definition) is 4. The first kappa shape index (κ1) is 14.8. The van der Waals surface area contributed by atoms with Crippen LogP contribution in [0.15, 0.2) is 0 Å². The van der Waals surface area contributed by atoms with Crippen molar-refractivity contribution in [3.63, 3.8) is 0 Å². The van der Waals surface area contributed by atoms with E-state index in [1.54, 1.807) is 0 Å². The number of esters is 1. The minimum Gasteiger partial charge on any atom is -0.465 e. The van der Waals surface area contributed by atoms with Crippen LogP contribution in [0.1, 0.15) is 33.6 Å². The third-order valence-electron chi connectivity index (χ3n) is 2.72. The van der Waals surface area contributed by atoms with E-state index in [9.17, 15) is 9.59 Å². The predicted octanol–water partition coefficient (Wildman–Crippen LogP) is 1.06. The molecule has 0 bridgehead atoms. The fraction of sp³-hybridized carbons (Fsp3) is 0.833. The van der Waals surface area contributed by atoms with Crippen LogP contribution in [0.2, 0.25) is 0 Å². The number of likely N-dealkylation sites (tertiary alicyclic amines) is 1. The second-order valence-corrected chi connectivity index (χ2v) is 5.51. The van der Waals surface area contributed by atoms with E-state index in [0.717, 1.165) is 12.8 Å². The van der Waals surface area contributed by atoms with E-state index in [1.807, 2.05) is 20.8 Å². The van der Waals surface area contributed by atoms with Crippen LogP contribution in [0.5, 0.6) is 0 Å². The normalized spacial score (nSPS) is 17.6. The number of carbonyl (C=O) groups excluding carboxylic acids is 1. The predicted molar refractivity (Wildman–Crippen MR) is 66.5 cm³/mol. The van der Waals surface area contributed by atoms with Gasteiger partial charge in [-0.25, -0.2) is 4.79 Å². The summed E-state index contributed by atoms with van der Waals surface area (Å²) in [4.78, 5) is 23.6. The van der Waals surface area contributed by atoms with E-state index in [4.69, 9.17) is 9.84 Å². The number of carbonyl (C=O) groups is 2. The van der Waals surface area contributed by atoms with E-state index < -0.39 is 11.7 Å². The fourth-order valence-electron chi connectivity index (χ4n) is 1.88. The van der Waals surface area contributed by atoms with Crippen molar-refractivity contribution < 1.29 is 19.4 Å². The molecular formula is C12H22N2O4. The summed E-state index contributed by atoms with van der Waals surface area (Å²) in [6, 6.07) is 0.188. The number of nitrogens with one attached hydrogen (secondary N) is 1. The molecule has 0 spiro atoms. The van der Waals surface area contributed by atoms with Gasteiger partial charge in [-0.2, -0.15) is 0 Å². The summed E-state index contributed by atoms with van der Waals surface area (Å²) < 4.78 is 5.18. The molecule has 1 heterocycles. The zero-order valence-corrected chi connectivity index (χ0v) is 11.2. The van der Waals surface area contributed by atoms with Gasteiger partial charge in [0.2, 0.25) is 0 Å². The zero-order valence-electron chi connectivity index (χ0n) is 11.2. The Kier molecular flexibility index (Phi) is 4.95. The van der Waals surface area contributed by atoms with Gasteiger partial charge >= 0.3 is 12.1 Å². The summed E-state index contributed by atoms with van der Waals surface area (Å²) in [5.41, 5.74) is -0.467. The average molecular weight is 258 g/mol. The Morgan fingerprint density at radius 2 is 1.89 bits per heavy atom. The molecule has 1 saturated heterocycles. The fourth-order valence-corrected chi connectivity index (χ4v) is 1.88. The molecule has 0 unspecified atom stereocenters. The maximum absolute atomic E-state index is 11.5. The number of rotatable bonds is 3. The molecule has 18 heavy (non-hydrogen) atoms. The van der Waals surface area contributed by atoms with Gasteiger partial charge in [-0.15, -0.1) is 0 Å². The van der Waals surface area contributed by atoms with Crippen LogP contribution in [0.4, 0.5) is 4.79 Å². The molecule has 104 valence electrons. The van der Waals surface area contributed by atoms with Crippen molar-refractivity contribution in [3.05, 3.63) is 0 Å². The van der Waals surface area contributed by atoms with Gasteiger partial charge in [-0.1, -0.05) is 0 Å². The van der Waals surface area contributed by atoms with Crippen molar-refractivity contribution in [2.24, 2.45) is 0 Å².